The van der Waals surface area contributed by atoms with E-state index in [4.69, 9.17) is 4.74 Å². The van der Waals surface area contributed by atoms with Crippen molar-refractivity contribution in [2.45, 2.75) is 29.9 Å². The Kier molecular flexibility index (Phi) is 5.70. The van der Waals surface area contributed by atoms with Crippen LogP contribution in [0.3, 0.4) is 0 Å². The van der Waals surface area contributed by atoms with Gasteiger partial charge in [0.05, 0.1) is 17.8 Å². The smallest absolute Gasteiger partial charge is 0.210 e. The number of anilines is 2. The Morgan fingerprint density at radius 1 is 1.29 bits per heavy atom. The summed E-state index contributed by atoms with van der Waals surface area (Å²) in [6, 6.07) is 7.74. The zero-order valence-corrected chi connectivity index (χ0v) is 16.1. The second kappa shape index (κ2) is 7.96. The molecule has 0 radical (unpaired) electrons. The van der Waals surface area contributed by atoms with E-state index >= 15 is 0 Å². The van der Waals surface area contributed by atoms with E-state index in [1.807, 2.05) is 24.3 Å². The Balaban J connectivity index is 1.58. The van der Waals surface area contributed by atoms with Crippen LogP contribution in [0.25, 0.3) is 0 Å². The molecule has 5 nitrogen and oxygen atoms in total. The van der Waals surface area contributed by atoms with Gasteiger partial charge in [-0.25, -0.2) is 4.98 Å². The van der Waals surface area contributed by atoms with Gasteiger partial charge in [0.2, 0.25) is 5.13 Å². The number of thioether (sulfide) groups is 1. The molecule has 1 N–H and O–H groups in total. The summed E-state index contributed by atoms with van der Waals surface area (Å²) in [5.41, 5.74) is 2.04. The summed E-state index contributed by atoms with van der Waals surface area (Å²) in [6.07, 6.45) is 0. The monoisotopic (exact) mass is 378 g/mol. The van der Waals surface area contributed by atoms with Crippen molar-refractivity contribution in [2.75, 3.05) is 12.4 Å². The first-order valence-electron chi connectivity index (χ1n) is 7.45. The molecule has 0 unspecified atom stereocenters. The third kappa shape index (κ3) is 4.46. The minimum absolute atomic E-state index is 0.481. The molecule has 3 rings (SSSR count). The molecule has 2 heterocycles. The van der Waals surface area contributed by atoms with Gasteiger partial charge in [-0.2, -0.15) is 0 Å². The van der Waals surface area contributed by atoms with Gasteiger partial charge in [0.1, 0.15) is 5.75 Å². The second-order valence-electron chi connectivity index (χ2n) is 5.35. The molecule has 24 heavy (non-hydrogen) atoms. The summed E-state index contributed by atoms with van der Waals surface area (Å²) in [7, 11) is 1.65. The Labute approximate surface area is 153 Å². The third-order valence-corrected chi connectivity index (χ3v) is 6.33. The van der Waals surface area contributed by atoms with Crippen LogP contribution in [0.15, 0.2) is 34.0 Å². The van der Waals surface area contributed by atoms with Gasteiger partial charge in [0, 0.05) is 28.8 Å². The highest BCUT2D eigenvalue weighted by atomic mass is 32.2. The number of nitrogens with zero attached hydrogens (tertiary/aromatic N) is 3. The molecule has 0 aliphatic heterocycles. The lowest BCUT2D eigenvalue weighted by atomic mass is 10.2. The van der Waals surface area contributed by atoms with Crippen molar-refractivity contribution in [2.24, 2.45) is 0 Å². The fraction of sp³-hybridized carbons (Fsp3) is 0.312. The zero-order valence-electron chi connectivity index (χ0n) is 13.6. The summed E-state index contributed by atoms with van der Waals surface area (Å²) >= 11 is 4.92. The van der Waals surface area contributed by atoms with Crippen molar-refractivity contribution in [3.8, 4) is 5.75 Å². The first-order chi connectivity index (χ1) is 11.6. The fourth-order valence-corrected chi connectivity index (χ4v) is 4.54. The van der Waals surface area contributed by atoms with Gasteiger partial charge in [0.25, 0.3) is 0 Å². The van der Waals surface area contributed by atoms with E-state index in [0.717, 1.165) is 32.4 Å². The highest BCUT2D eigenvalue weighted by Crippen LogP contribution is 2.31. The molecular formula is C16H18N4OS3. The molecule has 0 aliphatic carbocycles. The Morgan fingerprint density at radius 3 is 2.92 bits per heavy atom. The van der Waals surface area contributed by atoms with Crippen LogP contribution in [0.2, 0.25) is 0 Å². The molecule has 3 aromatic rings. The minimum Gasteiger partial charge on any atom is -0.497 e. The number of aromatic nitrogens is 3. The van der Waals surface area contributed by atoms with Gasteiger partial charge in [0.15, 0.2) is 4.34 Å². The highest BCUT2D eigenvalue weighted by molar-refractivity contribution is 8.00. The van der Waals surface area contributed by atoms with E-state index in [-0.39, 0.29) is 0 Å². The molecule has 0 saturated heterocycles. The summed E-state index contributed by atoms with van der Waals surface area (Å²) in [4.78, 5) is 4.64. The van der Waals surface area contributed by atoms with E-state index < -0.39 is 0 Å². The maximum absolute atomic E-state index is 5.22. The molecule has 0 saturated carbocycles. The van der Waals surface area contributed by atoms with Gasteiger partial charge in [-0.15, -0.1) is 21.5 Å². The molecule has 0 atom stereocenters. The summed E-state index contributed by atoms with van der Waals surface area (Å²) < 4.78 is 6.15. The number of nitrogens with one attached hydrogen (secondary N) is 1. The zero-order chi connectivity index (χ0) is 16.9. The number of thiazole rings is 1. The normalized spacial score (nSPS) is 11.0. The van der Waals surface area contributed by atoms with Crippen LogP contribution in [0.5, 0.6) is 5.75 Å². The van der Waals surface area contributed by atoms with Crippen LogP contribution in [0.1, 0.15) is 30.5 Å². The molecule has 0 fully saturated rings. The van der Waals surface area contributed by atoms with Crippen LogP contribution in [0.4, 0.5) is 10.8 Å². The SMILES string of the molecule is COc1cccc(Nc2nnc(SCc3csc(C(C)C)n3)s2)c1. The predicted octanol–water partition coefficient (Wildman–Crippen LogP) is 5.16. The Hall–Kier alpha value is -1.64. The largest absolute Gasteiger partial charge is 0.497 e. The quantitative estimate of drug-likeness (QED) is 0.573. The lowest BCUT2D eigenvalue weighted by Crippen LogP contribution is -1.90. The number of hydrogen-bond donors (Lipinski definition) is 1. The number of benzene rings is 1. The van der Waals surface area contributed by atoms with Gasteiger partial charge in [-0.3, -0.25) is 0 Å². The average molecular weight is 379 g/mol. The highest BCUT2D eigenvalue weighted by Gasteiger charge is 2.09. The van der Waals surface area contributed by atoms with E-state index in [9.17, 15) is 0 Å². The van der Waals surface area contributed by atoms with E-state index in [0.29, 0.717) is 5.92 Å². The number of methoxy groups -OCH3 is 1. The molecule has 2 aromatic heterocycles. The molecule has 8 heteroatoms. The maximum Gasteiger partial charge on any atom is 0.210 e. The van der Waals surface area contributed by atoms with Gasteiger partial charge < -0.3 is 10.1 Å². The molecule has 0 amide bonds. The second-order valence-corrected chi connectivity index (χ2v) is 8.44. The van der Waals surface area contributed by atoms with Crippen LogP contribution in [-0.2, 0) is 5.75 Å². The van der Waals surface area contributed by atoms with Crippen LogP contribution >= 0.6 is 34.4 Å². The van der Waals surface area contributed by atoms with E-state index in [2.05, 4.69) is 39.7 Å². The lowest BCUT2D eigenvalue weighted by Gasteiger charge is -2.04. The van der Waals surface area contributed by atoms with Crippen LogP contribution in [-0.4, -0.2) is 22.3 Å². The van der Waals surface area contributed by atoms with Crippen molar-refractivity contribution in [1.82, 2.24) is 15.2 Å². The Morgan fingerprint density at radius 2 is 2.17 bits per heavy atom. The van der Waals surface area contributed by atoms with Gasteiger partial charge in [-0.1, -0.05) is 43.0 Å². The van der Waals surface area contributed by atoms with Crippen molar-refractivity contribution in [3.05, 3.63) is 40.3 Å². The van der Waals surface area contributed by atoms with Crippen molar-refractivity contribution >= 4 is 45.3 Å². The number of ether oxygens (including phenoxy) is 1. The molecule has 126 valence electrons. The molecule has 1 aromatic carbocycles. The van der Waals surface area contributed by atoms with E-state index in [1.165, 1.54) is 16.3 Å². The molecule has 0 bridgehead atoms. The lowest BCUT2D eigenvalue weighted by molar-refractivity contribution is 0.415. The average Bonchev–Trinajstić information content (AvgIpc) is 3.22. The standard InChI is InChI=1S/C16H18N4OS3/c1-10(2)14-17-12(8-22-14)9-23-16-20-19-15(24-16)18-11-5-4-6-13(7-11)21-3/h4-8,10H,9H2,1-3H3,(H,18,19). The fourth-order valence-electron chi connectivity index (χ4n) is 1.93. The number of hydrogen-bond acceptors (Lipinski definition) is 8. The topological polar surface area (TPSA) is 59.9 Å². The molecular weight excluding hydrogens is 360 g/mol. The summed E-state index contributed by atoms with van der Waals surface area (Å²) in [6.45, 7) is 4.33. The van der Waals surface area contributed by atoms with Crippen molar-refractivity contribution in [3.63, 3.8) is 0 Å². The third-order valence-electron chi connectivity index (χ3n) is 3.13. The predicted molar refractivity (Wildman–Crippen MR) is 102 cm³/mol. The van der Waals surface area contributed by atoms with Gasteiger partial charge >= 0.3 is 0 Å². The van der Waals surface area contributed by atoms with Crippen molar-refractivity contribution in [1.29, 1.82) is 0 Å². The molecule has 0 aliphatic rings. The van der Waals surface area contributed by atoms with Crippen LogP contribution < -0.4 is 10.1 Å². The minimum atomic E-state index is 0.481. The first kappa shape index (κ1) is 17.2. The van der Waals surface area contributed by atoms with Crippen LogP contribution in [0, 0.1) is 0 Å². The van der Waals surface area contributed by atoms with Gasteiger partial charge in [-0.05, 0) is 12.1 Å². The Bertz CT molecular complexity index is 800. The number of rotatable bonds is 7. The summed E-state index contributed by atoms with van der Waals surface area (Å²) in [5, 5.41) is 15.7. The summed E-state index contributed by atoms with van der Waals surface area (Å²) in [5.74, 6) is 2.11. The van der Waals surface area contributed by atoms with E-state index in [1.54, 1.807) is 30.2 Å². The molecule has 0 spiro atoms. The maximum atomic E-state index is 5.22. The first-order valence-corrected chi connectivity index (χ1v) is 10.1. The van der Waals surface area contributed by atoms with Crippen molar-refractivity contribution < 1.29 is 4.74 Å².